The van der Waals surface area contributed by atoms with Gasteiger partial charge in [0.2, 0.25) is 0 Å². The molecule has 0 amide bonds. The van der Waals surface area contributed by atoms with E-state index in [-0.39, 0.29) is 18.2 Å². The first-order chi connectivity index (χ1) is 11.0. The Hall–Kier alpha value is -1.72. The topological polar surface area (TPSA) is 43.4 Å². The smallest absolute Gasteiger partial charge is 0.178 e. The summed E-state index contributed by atoms with van der Waals surface area (Å²) in [4.78, 5) is 0.389. The van der Waals surface area contributed by atoms with Crippen molar-refractivity contribution in [1.29, 1.82) is 0 Å². The molecule has 0 radical (unpaired) electrons. The number of fused-ring (bicyclic) bond motifs is 1. The highest BCUT2D eigenvalue weighted by Crippen LogP contribution is 2.30. The van der Waals surface area contributed by atoms with E-state index in [2.05, 4.69) is 0 Å². The monoisotopic (exact) mass is 334 g/mol. The largest absolute Gasteiger partial charge is 0.377 e. The first-order valence-electron chi connectivity index (χ1n) is 7.73. The lowest BCUT2D eigenvalue weighted by molar-refractivity contribution is 0.131. The van der Waals surface area contributed by atoms with Gasteiger partial charge in [-0.15, -0.1) is 0 Å². The Kier molecular flexibility index (Phi) is 4.50. The quantitative estimate of drug-likeness (QED) is 0.855. The molecule has 0 saturated carbocycles. The second-order valence-electron chi connectivity index (χ2n) is 5.69. The summed E-state index contributed by atoms with van der Waals surface area (Å²) in [6, 6.07) is 10.3. The van der Waals surface area contributed by atoms with Crippen LogP contribution >= 0.6 is 0 Å². The average molecular weight is 334 g/mol. The number of halogens is 1. The molecule has 0 fully saturated rings. The fraction of sp³-hybridized carbons (Fsp3) is 0.333. The maximum Gasteiger partial charge on any atom is 0.178 e. The molecule has 1 heterocycles. The van der Waals surface area contributed by atoms with Gasteiger partial charge in [-0.2, -0.15) is 0 Å². The second kappa shape index (κ2) is 6.42. The van der Waals surface area contributed by atoms with Gasteiger partial charge in [0.25, 0.3) is 0 Å². The summed E-state index contributed by atoms with van der Waals surface area (Å²) >= 11 is 0. The van der Waals surface area contributed by atoms with Crippen molar-refractivity contribution >= 4 is 9.84 Å². The van der Waals surface area contributed by atoms with Crippen LogP contribution in [0.5, 0.6) is 0 Å². The lowest BCUT2D eigenvalue weighted by Crippen LogP contribution is -2.16. The van der Waals surface area contributed by atoms with Crippen molar-refractivity contribution in [2.45, 2.75) is 31.3 Å². The molecule has 2 aromatic rings. The first kappa shape index (κ1) is 16.1. The zero-order chi connectivity index (χ0) is 16.4. The molecule has 3 nitrogen and oxygen atoms in total. The van der Waals surface area contributed by atoms with E-state index in [9.17, 15) is 12.8 Å². The van der Waals surface area contributed by atoms with E-state index < -0.39 is 9.84 Å². The molecule has 1 aliphatic rings. The molecule has 0 unspecified atom stereocenters. The third kappa shape index (κ3) is 3.31. The van der Waals surface area contributed by atoms with Crippen molar-refractivity contribution < 1.29 is 17.5 Å². The SMILES string of the molecule is CCOCc1ccc(-c2ccc3c(c2)S(=O)(=O)CCC3)cc1F. The normalized spacial score (nSPS) is 16.1. The molecule has 0 bridgehead atoms. The molecule has 122 valence electrons. The predicted octanol–water partition coefficient (Wildman–Crippen LogP) is 3.75. The molecule has 0 aliphatic carbocycles. The molecule has 0 atom stereocenters. The van der Waals surface area contributed by atoms with Gasteiger partial charge in [0.1, 0.15) is 5.82 Å². The van der Waals surface area contributed by atoms with Crippen LogP contribution in [0.25, 0.3) is 11.1 Å². The van der Waals surface area contributed by atoms with E-state index in [0.29, 0.717) is 29.1 Å². The number of hydrogen-bond acceptors (Lipinski definition) is 3. The Morgan fingerprint density at radius 2 is 1.87 bits per heavy atom. The zero-order valence-electron chi connectivity index (χ0n) is 13.0. The first-order valence-corrected chi connectivity index (χ1v) is 9.39. The number of ether oxygens (including phenoxy) is 1. The molecule has 0 spiro atoms. The van der Waals surface area contributed by atoms with Gasteiger partial charge >= 0.3 is 0 Å². The van der Waals surface area contributed by atoms with Crippen LogP contribution in [-0.4, -0.2) is 20.8 Å². The summed E-state index contributed by atoms with van der Waals surface area (Å²) in [6.45, 7) is 2.63. The van der Waals surface area contributed by atoms with E-state index in [1.54, 1.807) is 18.2 Å². The zero-order valence-corrected chi connectivity index (χ0v) is 13.8. The molecule has 0 N–H and O–H groups in total. The second-order valence-corrected chi connectivity index (χ2v) is 7.77. The van der Waals surface area contributed by atoms with E-state index in [1.807, 2.05) is 19.1 Å². The number of hydrogen-bond donors (Lipinski definition) is 0. The van der Waals surface area contributed by atoms with Crippen LogP contribution in [-0.2, 0) is 27.6 Å². The number of benzene rings is 2. The van der Waals surface area contributed by atoms with Crippen molar-refractivity contribution in [2.24, 2.45) is 0 Å². The van der Waals surface area contributed by atoms with Gasteiger partial charge in [-0.3, -0.25) is 0 Å². The Morgan fingerprint density at radius 1 is 1.13 bits per heavy atom. The highest BCUT2D eigenvalue weighted by Gasteiger charge is 2.23. The molecule has 5 heteroatoms. The highest BCUT2D eigenvalue weighted by atomic mass is 32.2. The molecular formula is C18H19FO3S. The predicted molar refractivity (Wildman–Crippen MR) is 87.5 cm³/mol. The van der Waals surface area contributed by atoms with Crippen molar-refractivity contribution in [3.05, 3.63) is 53.3 Å². The fourth-order valence-electron chi connectivity index (χ4n) is 2.85. The summed E-state index contributed by atoms with van der Waals surface area (Å²) in [5.74, 6) is -0.151. The highest BCUT2D eigenvalue weighted by molar-refractivity contribution is 7.91. The molecule has 23 heavy (non-hydrogen) atoms. The van der Waals surface area contributed by atoms with Crippen LogP contribution in [0.1, 0.15) is 24.5 Å². The van der Waals surface area contributed by atoms with E-state index in [4.69, 9.17) is 4.74 Å². The summed E-state index contributed by atoms with van der Waals surface area (Å²) < 4.78 is 43.8. The average Bonchev–Trinajstić information content (AvgIpc) is 2.53. The van der Waals surface area contributed by atoms with Crippen LogP contribution in [0.3, 0.4) is 0 Å². The van der Waals surface area contributed by atoms with Crippen molar-refractivity contribution in [3.63, 3.8) is 0 Å². The van der Waals surface area contributed by atoms with Gasteiger partial charge in [0.15, 0.2) is 9.84 Å². The van der Waals surface area contributed by atoms with Crippen molar-refractivity contribution in [1.82, 2.24) is 0 Å². The fourth-order valence-corrected chi connectivity index (χ4v) is 4.47. The Bertz CT molecular complexity index is 828. The van der Waals surface area contributed by atoms with Gasteiger partial charge in [0.05, 0.1) is 17.3 Å². The lowest BCUT2D eigenvalue weighted by atomic mass is 10.0. The maximum absolute atomic E-state index is 14.2. The standard InChI is InChI=1S/C18H19FO3S/c1-2-22-12-16-8-7-14(10-17(16)19)15-6-5-13-4-3-9-23(20,21)18(13)11-15/h5-8,10-11H,2-4,9,12H2,1H3. The minimum Gasteiger partial charge on any atom is -0.377 e. The molecular weight excluding hydrogens is 315 g/mol. The third-order valence-electron chi connectivity index (χ3n) is 4.11. The van der Waals surface area contributed by atoms with Gasteiger partial charge in [-0.1, -0.05) is 24.3 Å². The van der Waals surface area contributed by atoms with E-state index in [1.165, 1.54) is 6.07 Å². The van der Waals surface area contributed by atoms with Gasteiger partial charge in [-0.05, 0) is 48.6 Å². The van der Waals surface area contributed by atoms with Crippen LogP contribution in [0.15, 0.2) is 41.3 Å². The minimum atomic E-state index is -3.22. The summed E-state index contributed by atoms with van der Waals surface area (Å²) in [7, 11) is -3.22. The van der Waals surface area contributed by atoms with Crippen LogP contribution in [0.2, 0.25) is 0 Å². The summed E-state index contributed by atoms with van der Waals surface area (Å²) in [6.07, 6.45) is 1.44. The maximum atomic E-state index is 14.2. The Labute approximate surface area is 136 Å². The molecule has 0 saturated heterocycles. The van der Waals surface area contributed by atoms with Crippen molar-refractivity contribution in [2.75, 3.05) is 12.4 Å². The Morgan fingerprint density at radius 3 is 2.61 bits per heavy atom. The summed E-state index contributed by atoms with van der Waals surface area (Å²) in [5, 5.41) is 0. The van der Waals surface area contributed by atoms with Crippen LogP contribution in [0, 0.1) is 5.82 Å². The van der Waals surface area contributed by atoms with Gasteiger partial charge in [-0.25, -0.2) is 12.8 Å². The molecule has 3 rings (SSSR count). The number of sulfone groups is 1. The lowest BCUT2D eigenvalue weighted by Gasteiger charge is -2.17. The van der Waals surface area contributed by atoms with E-state index >= 15 is 0 Å². The molecule has 2 aromatic carbocycles. The third-order valence-corrected chi connectivity index (χ3v) is 5.99. The number of aryl methyl sites for hydroxylation is 1. The summed E-state index contributed by atoms with van der Waals surface area (Å²) in [5.41, 5.74) is 2.75. The van der Waals surface area contributed by atoms with Crippen molar-refractivity contribution in [3.8, 4) is 11.1 Å². The van der Waals surface area contributed by atoms with Crippen LogP contribution in [0.4, 0.5) is 4.39 Å². The van der Waals surface area contributed by atoms with E-state index in [0.717, 1.165) is 17.5 Å². The van der Waals surface area contributed by atoms with Gasteiger partial charge < -0.3 is 4.74 Å². The Balaban J connectivity index is 1.98. The molecule has 0 aromatic heterocycles. The number of rotatable bonds is 4. The molecule has 1 aliphatic heterocycles. The van der Waals surface area contributed by atoms with Crippen LogP contribution < -0.4 is 0 Å². The van der Waals surface area contributed by atoms with Gasteiger partial charge in [0, 0.05) is 12.2 Å². The minimum absolute atomic E-state index is 0.186.